The van der Waals surface area contributed by atoms with Gasteiger partial charge >= 0.3 is 12.1 Å². The van der Waals surface area contributed by atoms with Crippen LogP contribution >= 0.6 is 0 Å². The van der Waals surface area contributed by atoms with E-state index in [0.29, 0.717) is 12.8 Å². The number of benzene rings is 1. The molecule has 0 aliphatic carbocycles. The molecule has 1 aromatic carbocycles. The number of aliphatic carboxylic acids is 1. The second-order valence-corrected chi connectivity index (χ2v) is 7.64. The highest BCUT2D eigenvalue weighted by molar-refractivity contribution is 5.89. The van der Waals surface area contributed by atoms with Crippen LogP contribution in [0.4, 0.5) is 4.79 Å². The van der Waals surface area contributed by atoms with Crippen molar-refractivity contribution >= 4 is 18.0 Å². The van der Waals surface area contributed by atoms with Crippen LogP contribution in [0.5, 0.6) is 0 Å². The first-order valence-corrected chi connectivity index (χ1v) is 10.3. The molecule has 0 unspecified atom stereocenters. The second-order valence-electron chi connectivity index (χ2n) is 7.64. The molecular weight excluding hydrogens is 372 g/mol. The highest BCUT2D eigenvalue weighted by atomic mass is 16.5. The summed E-state index contributed by atoms with van der Waals surface area (Å²) in [6.45, 7) is 6.03. The van der Waals surface area contributed by atoms with E-state index in [-0.39, 0.29) is 12.5 Å². The minimum Gasteiger partial charge on any atom is -0.480 e. The van der Waals surface area contributed by atoms with Crippen LogP contribution in [-0.4, -0.2) is 35.2 Å². The van der Waals surface area contributed by atoms with E-state index in [0.717, 1.165) is 31.2 Å². The molecule has 2 atom stereocenters. The third-order valence-corrected chi connectivity index (χ3v) is 4.49. The maximum atomic E-state index is 12.6. The Morgan fingerprint density at radius 3 is 2.28 bits per heavy atom. The number of alkyl carbamates (subject to hydrolysis) is 1. The van der Waals surface area contributed by atoms with Crippen LogP contribution < -0.4 is 10.6 Å². The van der Waals surface area contributed by atoms with Crippen molar-refractivity contribution in [2.75, 3.05) is 0 Å². The van der Waals surface area contributed by atoms with Gasteiger partial charge in [-0.2, -0.15) is 0 Å². The van der Waals surface area contributed by atoms with Crippen molar-refractivity contribution in [2.24, 2.45) is 5.92 Å². The fourth-order valence-corrected chi connectivity index (χ4v) is 2.91. The van der Waals surface area contributed by atoms with Crippen LogP contribution in [0.15, 0.2) is 30.3 Å². The van der Waals surface area contributed by atoms with Crippen LogP contribution in [0.2, 0.25) is 0 Å². The van der Waals surface area contributed by atoms with Gasteiger partial charge in [-0.05, 0) is 24.3 Å². The first kappa shape index (κ1) is 24.5. The van der Waals surface area contributed by atoms with E-state index in [1.807, 2.05) is 44.2 Å². The highest BCUT2D eigenvalue weighted by Crippen LogP contribution is 2.09. The zero-order valence-corrected chi connectivity index (χ0v) is 17.6. The van der Waals surface area contributed by atoms with Gasteiger partial charge in [-0.25, -0.2) is 9.59 Å². The number of unbranched alkanes of at least 4 members (excludes halogenated alkanes) is 3. The molecule has 0 fully saturated rings. The Morgan fingerprint density at radius 1 is 1.00 bits per heavy atom. The first-order valence-electron chi connectivity index (χ1n) is 10.3. The van der Waals surface area contributed by atoms with Crippen LogP contribution in [0.1, 0.15) is 64.9 Å². The molecule has 0 saturated heterocycles. The predicted molar refractivity (Wildman–Crippen MR) is 111 cm³/mol. The summed E-state index contributed by atoms with van der Waals surface area (Å²) in [6, 6.07) is 7.42. The van der Waals surface area contributed by atoms with Crippen LogP contribution in [0.25, 0.3) is 0 Å². The number of carboxylic acid groups (broad SMARTS) is 1. The Hall–Kier alpha value is -2.57. The molecule has 0 aromatic heterocycles. The third-order valence-electron chi connectivity index (χ3n) is 4.49. The lowest BCUT2D eigenvalue weighted by atomic mass is 10.0. The molecule has 0 heterocycles. The van der Waals surface area contributed by atoms with Gasteiger partial charge in [-0.3, -0.25) is 4.79 Å². The SMILES string of the molecule is CCCCCC[C@H](NC(=O)[C@H](CC(C)C)NC(=O)OCc1ccccc1)C(=O)O. The number of amides is 2. The Bertz CT molecular complexity index is 633. The minimum atomic E-state index is -1.07. The molecule has 0 spiro atoms. The summed E-state index contributed by atoms with van der Waals surface area (Å²) in [4.78, 5) is 36.3. The molecule has 0 aliphatic heterocycles. The Morgan fingerprint density at radius 2 is 1.69 bits per heavy atom. The molecule has 0 aliphatic rings. The van der Waals surface area contributed by atoms with Gasteiger partial charge in [0.1, 0.15) is 18.7 Å². The average molecular weight is 407 g/mol. The summed E-state index contributed by atoms with van der Waals surface area (Å²) in [5, 5.41) is 14.5. The summed E-state index contributed by atoms with van der Waals surface area (Å²) in [5.41, 5.74) is 0.838. The topological polar surface area (TPSA) is 105 Å². The van der Waals surface area contributed by atoms with E-state index in [2.05, 4.69) is 17.6 Å². The smallest absolute Gasteiger partial charge is 0.408 e. The van der Waals surface area contributed by atoms with Crippen molar-refractivity contribution in [3.8, 4) is 0 Å². The van der Waals surface area contributed by atoms with E-state index in [9.17, 15) is 19.5 Å². The molecule has 162 valence electrons. The van der Waals surface area contributed by atoms with Gasteiger partial charge in [0.25, 0.3) is 0 Å². The normalized spacial score (nSPS) is 12.8. The van der Waals surface area contributed by atoms with Gasteiger partial charge in [0.15, 0.2) is 0 Å². The summed E-state index contributed by atoms with van der Waals surface area (Å²) in [5.74, 6) is -1.43. The van der Waals surface area contributed by atoms with Crippen molar-refractivity contribution in [1.29, 1.82) is 0 Å². The lowest BCUT2D eigenvalue weighted by molar-refractivity contribution is -0.142. The van der Waals surface area contributed by atoms with Gasteiger partial charge < -0.3 is 20.5 Å². The van der Waals surface area contributed by atoms with E-state index in [4.69, 9.17) is 4.74 Å². The monoisotopic (exact) mass is 406 g/mol. The second kappa shape index (κ2) is 13.6. The van der Waals surface area contributed by atoms with E-state index in [1.54, 1.807) is 0 Å². The molecular formula is C22H34N2O5. The Kier molecular flexibility index (Phi) is 11.5. The molecule has 7 nitrogen and oxygen atoms in total. The van der Waals surface area contributed by atoms with Crippen molar-refractivity contribution < 1.29 is 24.2 Å². The zero-order chi connectivity index (χ0) is 21.6. The Labute approximate surface area is 173 Å². The largest absolute Gasteiger partial charge is 0.480 e. The fraction of sp³-hybridized carbons (Fsp3) is 0.591. The molecule has 2 amide bonds. The van der Waals surface area contributed by atoms with Crippen LogP contribution in [0.3, 0.4) is 0 Å². The Balaban J connectivity index is 2.62. The number of hydrogen-bond donors (Lipinski definition) is 3. The number of ether oxygens (including phenoxy) is 1. The van der Waals surface area contributed by atoms with E-state index in [1.165, 1.54) is 0 Å². The van der Waals surface area contributed by atoms with Gasteiger partial charge in [0, 0.05) is 0 Å². The maximum absolute atomic E-state index is 12.6. The molecule has 3 N–H and O–H groups in total. The number of nitrogens with one attached hydrogen (secondary N) is 2. The molecule has 0 radical (unpaired) electrons. The number of rotatable bonds is 13. The minimum absolute atomic E-state index is 0.0951. The lowest BCUT2D eigenvalue weighted by Crippen LogP contribution is -2.52. The quantitative estimate of drug-likeness (QED) is 0.431. The van der Waals surface area contributed by atoms with Gasteiger partial charge in [0.05, 0.1) is 0 Å². The number of carboxylic acids is 1. The van der Waals surface area contributed by atoms with Crippen LogP contribution in [0, 0.1) is 5.92 Å². The molecule has 29 heavy (non-hydrogen) atoms. The van der Waals surface area contributed by atoms with Gasteiger partial charge in [-0.1, -0.05) is 76.8 Å². The number of carbonyl (C=O) groups excluding carboxylic acids is 2. The summed E-state index contributed by atoms with van der Waals surface area (Å²) < 4.78 is 5.19. The van der Waals surface area contributed by atoms with Crippen molar-refractivity contribution in [1.82, 2.24) is 10.6 Å². The standard InChI is InChI=1S/C22H34N2O5/c1-4-5-6-10-13-18(21(26)27)23-20(25)19(14-16(2)3)24-22(28)29-15-17-11-8-7-9-12-17/h7-9,11-12,16,18-19H,4-6,10,13-15H2,1-3H3,(H,23,25)(H,24,28)(H,26,27)/t18-,19-/m0/s1. The number of hydrogen-bond acceptors (Lipinski definition) is 4. The van der Waals surface area contributed by atoms with E-state index < -0.39 is 30.1 Å². The summed E-state index contributed by atoms with van der Waals surface area (Å²) in [6.07, 6.45) is 3.79. The molecule has 0 saturated carbocycles. The third kappa shape index (κ3) is 10.5. The molecule has 1 aromatic rings. The van der Waals surface area contributed by atoms with Crippen molar-refractivity contribution in [3.63, 3.8) is 0 Å². The molecule has 7 heteroatoms. The fourth-order valence-electron chi connectivity index (χ4n) is 2.91. The molecule has 0 bridgehead atoms. The van der Waals surface area contributed by atoms with E-state index >= 15 is 0 Å². The summed E-state index contributed by atoms with van der Waals surface area (Å²) in [7, 11) is 0. The summed E-state index contributed by atoms with van der Waals surface area (Å²) >= 11 is 0. The first-order chi connectivity index (χ1) is 13.8. The van der Waals surface area contributed by atoms with Crippen LogP contribution in [-0.2, 0) is 20.9 Å². The van der Waals surface area contributed by atoms with Crippen molar-refractivity contribution in [2.45, 2.75) is 78.0 Å². The lowest BCUT2D eigenvalue weighted by Gasteiger charge is -2.22. The highest BCUT2D eigenvalue weighted by Gasteiger charge is 2.27. The van der Waals surface area contributed by atoms with Gasteiger partial charge in [-0.15, -0.1) is 0 Å². The average Bonchev–Trinajstić information content (AvgIpc) is 2.68. The van der Waals surface area contributed by atoms with Gasteiger partial charge in [0.2, 0.25) is 5.91 Å². The molecule has 1 rings (SSSR count). The van der Waals surface area contributed by atoms with Crippen molar-refractivity contribution in [3.05, 3.63) is 35.9 Å². The zero-order valence-electron chi connectivity index (χ0n) is 17.6. The predicted octanol–water partition coefficient (Wildman–Crippen LogP) is 3.87. The number of carbonyl (C=O) groups is 3. The maximum Gasteiger partial charge on any atom is 0.408 e.